The number of nitrogen functional groups attached to an aromatic ring is 1. The fourth-order valence-corrected chi connectivity index (χ4v) is 1.30. The quantitative estimate of drug-likeness (QED) is 0.493. The van der Waals surface area contributed by atoms with E-state index in [4.69, 9.17) is 5.84 Å². The van der Waals surface area contributed by atoms with Crippen LogP contribution in [0.3, 0.4) is 0 Å². The molecule has 0 radical (unpaired) electrons. The third-order valence-electron chi connectivity index (χ3n) is 1.82. The summed E-state index contributed by atoms with van der Waals surface area (Å²) in [5, 5.41) is 0. The Bertz CT molecular complexity index is 252. The highest BCUT2D eigenvalue weighted by molar-refractivity contribution is 5.17. The molecule has 0 fully saturated rings. The van der Waals surface area contributed by atoms with Crippen molar-refractivity contribution in [1.29, 1.82) is 0 Å². The van der Waals surface area contributed by atoms with Gasteiger partial charge in [-0.3, -0.25) is 9.58 Å². The Morgan fingerprint density at radius 3 is 3.10 bits per heavy atom. The number of aromatic nitrogens is 2. The summed E-state index contributed by atoms with van der Waals surface area (Å²) in [7, 11) is 2.06. The van der Waals surface area contributed by atoms with Gasteiger partial charge in [-0.05, 0) is 7.05 Å². The Labute approximate surface area is 59.2 Å². The topological polar surface area (TPSA) is 47.1 Å². The van der Waals surface area contributed by atoms with Crippen molar-refractivity contribution in [3.63, 3.8) is 0 Å². The lowest BCUT2D eigenvalue weighted by atomic mass is 10.4. The van der Waals surface area contributed by atoms with E-state index in [1.807, 2.05) is 0 Å². The monoisotopic (exact) mass is 138 g/mol. The van der Waals surface area contributed by atoms with E-state index in [1.165, 1.54) is 0 Å². The predicted molar refractivity (Wildman–Crippen MR) is 37.5 cm³/mol. The molecule has 0 unspecified atom stereocenters. The first kappa shape index (κ1) is 5.73. The van der Waals surface area contributed by atoms with Crippen LogP contribution < -0.4 is 5.84 Å². The molecule has 1 aromatic heterocycles. The Morgan fingerprint density at radius 2 is 2.40 bits per heavy atom. The minimum atomic E-state index is 0.922. The second-order valence-corrected chi connectivity index (χ2v) is 2.72. The van der Waals surface area contributed by atoms with Gasteiger partial charge in [-0.1, -0.05) is 0 Å². The summed E-state index contributed by atoms with van der Waals surface area (Å²) in [6.07, 6.45) is 1.66. The summed E-state index contributed by atoms with van der Waals surface area (Å²) in [6.45, 7) is 1.85. The molecule has 54 valence electrons. The molecule has 0 bridgehead atoms. The number of hydrogen-bond donors (Lipinski definition) is 1. The van der Waals surface area contributed by atoms with Crippen LogP contribution in [-0.2, 0) is 13.1 Å². The van der Waals surface area contributed by atoms with Crippen molar-refractivity contribution in [3.05, 3.63) is 17.7 Å². The lowest BCUT2D eigenvalue weighted by Gasteiger charge is -2.04. The van der Waals surface area contributed by atoms with E-state index in [9.17, 15) is 0 Å². The standard InChI is InChI=1S/C6H10N4/c1-9-2-5-6(3-9)10(7)4-8-5/h4H,2-3,7H2,1H3. The summed E-state index contributed by atoms with van der Waals surface area (Å²) >= 11 is 0. The predicted octanol–water partition coefficient (Wildman–Crippen LogP) is -0.458. The van der Waals surface area contributed by atoms with Gasteiger partial charge in [-0.15, -0.1) is 0 Å². The molecule has 0 saturated heterocycles. The van der Waals surface area contributed by atoms with Crippen LogP contribution in [0.1, 0.15) is 11.4 Å². The van der Waals surface area contributed by atoms with Gasteiger partial charge in [0.15, 0.2) is 0 Å². The molecule has 1 aliphatic rings. The van der Waals surface area contributed by atoms with Gasteiger partial charge in [-0.25, -0.2) is 4.98 Å². The molecular formula is C6H10N4. The summed E-state index contributed by atoms with van der Waals surface area (Å²) in [5.74, 6) is 5.58. The van der Waals surface area contributed by atoms with Gasteiger partial charge >= 0.3 is 0 Å². The van der Waals surface area contributed by atoms with E-state index < -0.39 is 0 Å². The molecule has 2 rings (SSSR count). The van der Waals surface area contributed by atoms with Crippen molar-refractivity contribution in [1.82, 2.24) is 14.6 Å². The molecule has 2 heterocycles. The number of imidazole rings is 1. The molecular weight excluding hydrogens is 128 g/mol. The first-order valence-corrected chi connectivity index (χ1v) is 3.26. The third-order valence-corrected chi connectivity index (χ3v) is 1.82. The van der Waals surface area contributed by atoms with E-state index in [-0.39, 0.29) is 0 Å². The minimum absolute atomic E-state index is 0.922. The van der Waals surface area contributed by atoms with Crippen LogP contribution in [0.15, 0.2) is 6.33 Å². The van der Waals surface area contributed by atoms with E-state index in [1.54, 1.807) is 11.0 Å². The van der Waals surface area contributed by atoms with Gasteiger partial charge in [0.05, 0.1) is 11.4 Å². The van der Waals surface area contributed by atoms with Crippen LogP contribution in [0.2, 0.25) is 0 Å². The van der Waals surface area contributed by atoms with Crippen molar-refractivity contribution >= 4 is 0 Å². The van der Waals surface area contributed by atoms with Gasteiger partial charge in [0.2, 0.25) is 0 Å². The molecule has 0 spiro atoms. The van der Waals surface area contributed by atoms with Crippen LogP contribution in [0.4, 0.5) is 0 Å². The van der Waals surface area contributed by atoms with Crippen LogP contribution in [0, 0.1) is 0 Å². The second-order valence-electron chi connectivity index (χ2n) is 2.72. The first-order chi connectivity index (χ1) is 4.77. The molecule has 0 amide bonds. The molecule has 1 aliphatic heterocycles. The van der Waals surface area contributed by atoms with Crippen LogP contribution >= 0.6 is 0 Å². The van der Waals surface area contributed by atoms with Crippen LogP contribution in [0.25, 0.3) is 0 Å². The molecule has 0 saturated carbocycles. The number of rotatable bonds is 0. The number of nitrogens with two attached hydrogens (primary N) is 1. The Balaban J connectivity index is 2.44. The van der Waals surface area contributed by atoms with Crippen LogP contribution in [-0.4, -0.2) is 21.6 Å². The lowest BCUT2D eigenvalue weighted by Crippen LogP contribution is -2.14. The SMILES string of the molecule is CN1Cc2ncn(N)c2C1. The maximum absolute atomic E-state index is 5.58. The number of fused-ring (bicyclic) bond motifs is 1. The smallest absolute Gasteiger partial charge is 0.114 e. The molecule has 2 N–H and O–H groups in total. The second kappa shape index (κ2) is 1.73. The average molecular weight is 138 g/mol. The fourth-order valence-electron chi connectivity index (χ4n) is 1.30. The maximum atomic E-state index is 5.58. The van der Waals surface area contributed by atoms with Crippen molar-refractivity contribution in [2.75, 3.05) is 12.9 Å². The molecule has 4 nitrogen and oxygen atoms in total. The number of hydrogen-bond acceptors (Lipinski definition) is 3. The zero-order chi connectivity index (χ0) is 7.14. The van der Waals surface area contributed by atoms with Crippen LogP contribution in [0.5, 0.6) is 0 Å². The summed E-state index contributed by atoms with van der Waals surface area (Å²) < 4.78 is 1.60. The molecule has 0 atom stereocenters. The first-order valence-electron chi connectivity index (χ1n) is 3.26. The Kier molecular flexibility index (Phi) is 0.990. The molecule has 0 aliphatic carbocycles. The van der Waals surface area contributed by atoms with E-state index in [0.29, 0.717) is 0 Å². The Hall–Kier alpha value is -1.03. The van der Waals surface area contributed by atoms with Crippen molar-refractivity contribution < 1.29 is 0 Å². The lowest BCUT2D eigenvalue weighted by molar-refractivity contribution is 0.345. The van der Waals surface area contributed by atoms with Crippen molar-refractivity contribution in [2.24, 2.45) is 0 Å². The zero-order valence-corrected chi connectivity index (χ0v) is 5.91. The van der Waals surface area contributed by atoms with Gasteiger partial charge < -0.3 is 5.84 Å². The number of nitrogens with zero attached hydrogens (tertiary/aromatic N) is 3. The van der Waals surface area contributed by atoms with Crippen molar-refractivity contribution in [2.45, 2.75) is 13.1 Å². The highest BCUT2D eigenvalue weighted by Crippen LogP contribution is 2.17. The normalized spacial score (nSPS) is 17.7. The molecule has 1 aromatic rings. The highest BCUT2D eigenvalue weighted by Gasteiger charge is 2.19. The molecule has 0 aromatic carbocycles. The summed E-state index contributed by atoms with van der Waals surface area (Å²) in [4.78, 5) is 6.32. The minimum Gasteiger partial charge on any atom is -0.338 e. The van der Waals surface area contributed by atoms with E-state index in [2.05, 4.69) is 16.9 Å². The van der Waals surface area contributed by atoms with Gasteiger partial charge in [0.25, 0.3) is 0 Å². The zero-order valence-electron chi connectivity index (χ0n) is 5.91. The molecule has 4 heteroatoms. The van der Waals surface area contributed by atoms with Gasteiger partial charge in [0.1, 0.15) is 6.33 Å². The highest BCUT2D eigenvalue weighted by atomic mass is 15.3. The molecule has 10 heavy (non-hydrogen) atoms. The fraction of sp³-hybridized carbons (Fsp3) is 0.500. The largest absolute Gasteiger partial charge is 0.338 e. The van der Waals surface area contributed by atoms with Gasteiger partial charge in [-0.2, -0.15) is 0 Å². The van der Waals surface area contributed by atoms with Gasteiger partial charge in [0, 0.05) is 13.1 Å². The Morgan fingerprint density at radius 1 is 1.60 bits per heavy atom. The van der Waals surface area contributed by atoms with E-state index >= 15 is 0 Å². The summed E-state index contributed by atoms with van der Waals surface area (Å²) in [6, 6.07) is 0. The average Bonchev–Trinajstić information content (AvgIpc) is 2.35. The van der Waals surface area contributed by atoms with E-state index in [0.717, 1.165) is 24.5 Å². The van der Waals surface area contributed by atoms with Crippen molar-refractivity contribution in [3.8, 4) is 0 Å². The summed E-state index contributed by atoms with van der Waals surface area (Å²) in [5.41, 5.74) is 2.26. The third kappa shape index (κ3) is 0.623. The maximum Gasteiger partial charge on any atom is 0.114 e.